The number of hydrogen-bond donors (Lipinski definition) is 2. The van der Waals surface area contributed by atoms with Gasteiger partial charge in [0, 0.05) is 25.5 Å². The van der Waals surface area contributed by atoms with E-state index in [-0.39, 0.29) is 11.9 Å². The fraction of sp³-hybridized carbons (Fsp3) is 0.417. The number of likely N-dealkylation sites (N-methyl/N-ethyl adjacent to an activating group) is 1. The summed E-state index contributed by atoms with van der Waals surface area (Å²) in [4.78, 5) is 13.2. The summed E-state index contributed by atoms with van der Waals surface area (Å²) in [5, 5.41) is 3.13. The van der Waals surface area contributed by atoms with Crippen molar-refractivity contribution in [3.05, 3.63) is 23.8 Å². The molecule has 16 heavy (non-hydrogen) atoms. The zero-order valence-corrected chi connectivity index (χ0v) is 10.2. The lowest BCUT2D eigenvalue weighted by Gasteiger charge is -2.19. The van der Waals surface area contributed by atoms with E-state index >= 15 is 0 Å². The maximum atomic E-state index is 11.6. The van der Waals surface area contributed by atoms with Gasteiger partial charge in [-0.1, -0.05) is 0 Å². The van der Waals surface area contributed by atoms with Crippen molar-refractivity contribution in [3.63, 3.8) is 0 Å². The number of carbonyl (C=O) groups is 1. The molecular formula is C12H19N3O. The molecule has 1 atom stereocenters. The third-order valence-corrected chi connectivity index (χ3v) is 2.29. The lowest BCUT2D eigenvalue weighted by molar-refractivity contribution is -0.129. The predicted molar refractivity (Wildman–Crippen MR) is 67.4 cm³/mol. The van der Waals surface area contributed by atoms with Crippen molar-refractivity contribution in [2.24, 2.45) is 0 Å². The van der Waals surface area contributed by atoms with E-state index in [9.17, 15) is 4.79 Å². The summed E-state index contributed by atoms with van der Waals surface area (Å²) < 4.78 is 0. The zero-order valence-electron chi connectivity index (χ0n) is 10.2. The van der Waals surface area contributed by atoms with E-state index in [1.54, 1.807) is 19.0 Å². The number of amides is 1. The molecule has 0 aliphatic rings. The lowest BCUT2D eigenvalue weighted by atomic mass is 10.2. The molecule has 3 N–H and O–H groups in total. The van der Waals surface area contributed by atoms with Crippen LogP contribution in [0, 0.1) is 6.92 Å². The van der Waals surface area contributed by atoms with Crippen LogP contribution in [0.1, 0.15) is 12.5 Å². The summed E-state index contributed by atoms with van der Waals surface area (Å²) >= 11 is 0. The molecule has 0 aromatic heterocycles. The van der Waals surface area contributed by atoms with Crippen molar-refractivity contribution >= 4 is 17.3 Å². The molecule has 0 saturated heterocycles. The molecule has 0 saturated carbocycles. The molecule has 0 spiro atoms. The van der Waals surface area contributed by atoms with E-state index in [1.165, 1.54) is 0 Å². The summed E-state index contributed by atoms with van der Waals surface area (Å²) in [6.45, 7) is 3.81. The number of anilines is 2. The largest absolute Gasteiger partial charge is 0.399 e. The van der Waals surface area contributed by atoms with E-state index in [4.69, 9.17) is 5.73 Å². The van der Waals surface area contributed by atoms with E-state index < -0.39 is 0 Å². The van der Waals surface area contributed by atoms with Crippen molar-refractivity contribution in [1.29, 1.82) is 0 Å². The highest BCUT2D eigenvalue weighted by Gasteiger charge is 2.14. The molecule has 1 unspecified atom stereocenters. The van der Waals surface area contributed by atoms with Gasteiger partial charge in [-0.3, -0.25) is 4.79 Å². The third-order valence-electron chi connectivity index (χ3n) is 2.29. The average Bonchev–Trinajstić information content (AvgIpc) is 2.14. The molecular weight excluding hydrogens is 202 g/mol. The Kier molecular flexibility index (Phi) is 3.77. The molecule has 0 aliphatic heterocycles. The van der Waals surface area contributed by atoms with Crippen LogP contribution >= 0.6 is 0 Å². The molecule has 0 heterocycles. The molecule has 88 valence electrons. The topological polar surface area (TPSA) is 58.4 Å². The number of carbonyl (C=O) groups excluding carboxylic acids is 1. The number of benzene rings is 1. The van der Waals surface area contributed by atoms with Gasteiger partial charge in [-0.2, -0.15) is 0 Å². The van der Waals surface area contributed by atoms with Gasteiger partial charge in [0.25, 0.3) is 0 Å². The molecule has 0 aliphatic carbocycles. The lowest BCUT2D eigenvalue weighted by Crippen LogP contribution is -2.36. The first-order chi connectivity index (χ1) is 7.40. The average molecular weight is 221 g/mol. The highest BCUT2D eigenvalue weighted by atomic mass is 16.2. The first-order valence-corrected chi connectivity index (χ1v) is 5.25. The van der Waals surface area contributed by atoms with Gasteiger partial charge in [0.2, 0.25) is 5.91 Å². The van der Waals surface area contributed by atoms with Crippen molar-refractivity contribution < 1.29 is 4.79 Å². The fourth-order valence-electron chi connectivity index (χ4n) is 1.60. The third kappa shape index (κ3) is 3.15. The smallest absolute Gasteiger partial charge is 0.244 e. The second kappa shape index (κ2) is 4.88. The van der Waals surface area contributed by atoms with Crippen molar-refractivity contribution in [1.82, 2.24) is 4.90 Å². The Hall–Kier alpha value is -1.71. The highest BCUT2D eigenvalue weighted by molar-refractivity contribution is 5.84. The monoisotopic (exact) mass is 221 g/mol. The van der Waals surface area contributed by atoms with Gasteiger partial charge in [-0.25, -0.2) is 0 Å². The molecule has 1 aromatic carbocycles. The van der Waals surface area contributed by atoms with Crippen LogP contribution in [0.2, 0.25) is 0 Å². The number of aryl methyl sites for hydroxylation is 1. The van der Waals surface area contributed by atoms with E-state index in [2.05, 4.69) is 5.32 Å². The number of nitrogens with zero attached hydrogens (tertiary/aromatic N) is 1. The van der Waals surface area contributed by atoms with Gasteiger partial charge < -0.3 is 16.0 Å². The Labute approximate surface area is 96.4 Å². The maximum Gasteiger partial charge on any atom is 0.244 e. The first kappa shape index (κ1) is 12.4. The van der Waals surface area contributed by atoms with E-state index in [0.717, 1.165) is 11.3 Å². The molecule has 0 fully saturated rings. The molecule has 1 rings (SSSR count). The summed E-state index contributed by atoms with van der Waals surface area (Å²) in [5.41, 5.74) is 8.39. The second-order valence-corrected chi connectivity index (χ2v) is 4.23. The van der Waals surface area contributed by atoms with Gasteiger partial charge in [0.15, 0.2) is 0 Å². The minimum atomic E-state index is -0.254. The molecule has 0 radical (unpaired) electrons. The fourth-order valence-corrected chi connectivity index (χ4v) is 1.60. The van der Waals surface area contributed by atoms with E-state index in [0.29, 0.717) is 5.69 Å². The number of nitrogen functional groups attached to an aromatic ring is 1. The Morgan fingerprint density at radius 3 is 2.50 bits per heavy atom. The number of rotatable bonds is 3. The maximum absolute atomic E-state index is 11.6. The van der Waals surface area contributed by atoms with Gasteiger partial charge in [0.1, 0.15) is 6.04 Å². The van der Waals surface area contributed by atoms with Crippen molar-refractivity contribution in [3.8, 4) is 0 Å². The standard InChI is InChI=1S/C12H19N3O/c1-8-5-10(13)7-11(6-8)14-9(2)12(16)15(3)4/h5-7,9,14H,13H2,1-4H3. The first-order valence-electron chi connectivity index (χ1n) is 5.25. The quantitative estimate of drug-likeness (QED) is 0.760. The molecule has 4 heteroatoms. The molecule has 4 nitrogen and oxygen atoms in total. The second-order valence-electron chi connectivity index (χ2n) is 4.23. The Morgan fingerprint density at radius 2 is 2.00 bits per heavy atom. The Balaban J connectivity index is 2.76. The van der Waals surface area contributed by atoms with Crippen LogP contribution < -0.4 is 11.1 Å². The van der Waals surface area contributed by atoms with Crippen LogP contribution in [0.3, 0.4) is 0 Å². The Bertz CT molecular complexity index is 368. The van der Waals surface area contributed by atoms with Crippen LogP contribution in [0.15, 0.2) is 18.2 Å². The van der Waals surface area contributed by atoms with Crippen LogP contribution in [0.5, 0.6) is 0 Å². The molecule has 0 bridgehead atoms. The molecule has 1 aromatic rings. The van der Waals surface area contributed by atoms with Crippen LogP contribution in [-0.4, -0.2) is 30.9 Å². The van der Waals surface area contributed by atoms with E-state index in [1.807, 2.05) is 32.0 Å². The van der Waals surface area contributed by atoms with Gasteiger partial charge in [-0.05, 0) is 37.6 Å². The van der Waals surface area contributed by atoms with Gasteiger partial charge >= 0.3 is 0 Å². The van der Waals surface area contributed by atoms with Crippen molar-refractivity contribution in [2.75, 3.05) is 25.1 Å². The SMILES string of the molecule is Cc1cc(N)cc(NC(C)C(=O)N(C)C)c1. The van der Waals surface area contributed by atoms with Crippen LogP contribution in [0.4, 0.5) is 11.4 Å². The Morgan fingerprint density at radius 1 is 1.38 bits per heavy atom. The van der Waals surface area contributed by atoms with Gasteiger partial charge in [0.05, 0.1) is 0 Å². The minimum Gasteiger partial charge on any atom is -0.399 e. The van der Waals surface area contributed by atoms with Crippen LogP contribution in [-0.2, 0) is 4.79 Å². The zero-order chi connectivity index (χ0) is 12.3. The van der Waals surface area contributed by atoms with Gasteiger partial charge in [-0.15, -0.1) is 0 Å². The minimum absolute atomic E-state index is 0.0417. The predicted octanol–water partition coefficient (Wildman–Crippen LogP) is 1.47. The number of nitrogens with two attached hydrogens (primary N) is 1. The normalized spacial score (nSPS) is 12.0. The summed E-state index contributed by atoms with van der Waals surface area (Å²) in [5.74, 6) is 0.0417. The summed E-state index contributed by atoms with van der Waals surface area (Å²) in [6.07, 6.45) is 0. The molecule has 1 amide bonds. The summed E-state index contributed by atoms with van der Waals surface area (Å²) in [7, 11) is 3.48. The number of nitrogens with one attached hydrogen (secondary N) is 1. The summed E-state index contributed by atoms with van der Waals surface area (Å²) in [6, 6.07) is 5.43. The van der Waals surface area contributed by atoms with Crippen molar-refractivity contribution in [2.45, 2.75) is 19.9 Å². The van der Waals surface area contributed by atoms with Crippen LogP contribution in [0.25, 0.3) is 0 Å². The highest BCUT2D eigenvalue weighted by Crippen LogP contribution is 2.16. The number of hydrogen-bond acceptors (Lipinski definition) is 3.